The molecule has 0 radical (unpaired) electrons. The normalized spacial score (nSPS) is 13.5. The summed E-state index contributed by atoms with van der Waals surface area (Å²) >= 11 is 0. The molecule has 3 N–H and O–H groups in total. The number of rotatable bonds is 12. The van der Waals surface area contributed by atoms with Crippen molar-refractivity contribution >= 4 is 11.7 Å². The predicted octanol–water partition coefficient (Wildman–Crippen LogP) is 2.39. The molecule has 146 valence electrons. The van der Waals surface area contributed by atoms with Crippen molar-refractivity contribution in [2.75, 3.05) is 20.6 Å². The van der Waals surface area contributed by atoms with Gasteiger partial charge in [-0.15, -0.1) is 0 Å². The molecule has 0 aliphatic rings. The molecule has 0 aliphatic carbocycles. The van der Waals surface area contributed by atoms with Gasteiger partial charge in [0.2, 0.25) is 5.91 Å². The summed E-state index contributed by atoms with van der Waals surface area (Å²) in [6, 6.07) is 9.93. The third-order valence-electron chi connectivity index (χ3n) is 4.45. The van der Waals surface area contributed by atoms with Gasteiger partial charge in [-0.3, -0.25) is 9.59 Å². The molecule has 0 saturated heterocycles. The van der Waals surface area contributed by atoms with Crippen LogP contribution in [0.25, 0.3) is 0 Å². The molecule has 2 atom stereocenters. The third-order valence-corrected chi connectivity index (χ3v) is 4.45. The van der Waals surface area contributed by atoms with Gasteiger partial charge in [-0.05, 0) is 31.4 Å². The minimum atomic E-state index is -0.274. The lowest BCUT2D eigenvalue weighted by Crippen LogP contribution is -2.44. The van der Waals surface area contributed by atoms with E-state index in [2.05, 4.69) is 5.32 Å². The van der Waals surface area contributed by atoms with E-state index in [-0.39, 0.29) is 36.1 Å². The zero-order chi connectivity index (χ0) is 19.5. The van der Waals surface area contributed by atoms with Crippen LogP contribution in [0.4, 0.5) is 0 Å². The molecule has 0 heterocycles. The fourth-order valence-corrected chi connectivity index (χ4v) is 3.12. The molecule has 1 rings (SSSR count). The van der Waals surface area contributed by atoms with Gasteiger partial charge in [0.05, 0.1) is 6.04 Å². The average molecular weight is 362 g/mol. The fraction of sp³-hybridized carbons (Fsp3) is 0.619. The maximum Gasteiger partial charge on any atom is 0.225 e. The first-order valence-electron chi connectivity index (χ1n) is 9.59. The molecular formula is C21H35N3O2. The molecule has 0 bridgehead atoms. The number of amides is 1. The zero-order valence-corrected chi connectivity index (χ0v) is 16.7. The lowest BCUT2D eigenvalue weighted by molar-refractivity contribution is -0.136. The summed E-state index contributed by atoms with van der Waals surface area (Å²) in [6.07, 6.45) is 3.38. The van der Waals surface area contributed by atoms with E-state index in [1.165, 1.54) is 0 Å². The molecule has 1 amide bonds. The van der Waals surface area contributed by atoms with Crippen molar-refractivity contribution in [3.63, 3.8) is 0 Å². The summed E-state index contributed by atoms with van der Waals surface area (Å²) in [5, 5.41) is 3.37. The predicted molar refractivity (Wildman–Crippen MR) is 107 cm³/mol. The van der Waals surface area contributed by atoms with E-state index in [4.69, 9.17) is 5.73 Å². The first kappa shape index (κ1) is 22.3. The Balaban J connectivity index is 2.83. The number of ketones is 1. The maximum absolute atomic E-state index is 13.0. The number of hydrogen-bond donors (Lipinski definition) is 2. The van der Waals surface area contributed by atoms with Crippen LogP contribution in [0.15, 0.2) is 30.3 Å². The van der Waals surface area contributed by atoms with Crippen LogP contribution in [0.1, 0.15) is 45.1 Å². The molecule has 5 nitrogen and oxygen atoms in total. The second-order valence-corrected chi connectivity index (χ2v) is 7.45. The maximum atomic E-state index is 13.0. The number of Topliss-reactive ketones (excluding diaryl/α,β-unsaturated/α-hetero) is 1. The van der Waals surface area contributed by atoms with Crippen molar-refractivity contribution < 1.29 is 9.59 Å². The van der Waals surface area contributed by atoms with Gasteiger partial charge in [-0.25, -0.2) is 0 Å². The van der Waals surface area contributed by atoms with Crippen LogP contribution in [-0.4, -0.2) is 49.3 Å². The van der Waals surface area contributed by atoms with Crippen LogP contribution >= 0.6 is 0 Å². The molecule has 0 unspecified atom stereocenters. The Morgan fingerprint density at radius 2 is 1.77 bits per heavy atom. The molecule has 1 aromatic carbocycles. The number of carbonyl (C=O) groups is 2. The summed E-state index contributed by atoms with van der Waals surface area (Å²) < 4.78 is 0. The van der Waals surface area contributed by atoms with E-state index >= 15 is 0 Å². The van der Waals surface area contributed by atoms with Gasteiger partial charge in [-0.1, -0.05) is 50.6 Å². The molecule has 0 aliphatic heterocycles. The Morgan fingerprint density at radius 1 is 1.12 bits per heavy atom. The Kier molecular flexibility index (Phi) is 10.1. The highest BCUT2D eigenvalue weighted by Gasteiger charge is 2.27. The highest BCUT2D eigenvalue weighted by atomic mass is 16.2. The highest BCUT2D eigenvalue weighted by molar-refractivity contribution is 5.89. The molecule has 0 fully saturated rings. The van der Waals surface area contributed by atoms with Gasteiger partial charge >= 0.3 is 0 Å². The first-order valence-corrected chi connectivity index (χ1v) is 9.59. The van der Waals surface area contributed by atoms with Crippen molar-refractivity contribution in [3.05, 3.63) is 35.9 Å². The Morgan fingerprint density at radius 3 is 2.31 bits per heavy atom. The zero-order valence-electron chi connectivity index (χ0n) is 16.7. The molecule has 26 heavy (non-hydrogen) atoms. The summed E-state index contributed by atoms with van der Waals surface area (Å²) in [5.41, 5.74) is 6.69. The minimum absolute atomic E-state index is 0.0263. The van der Waals surface area contributed by atoms with Gasteiger partial charge in [0.15, 0.2) is 5.78 Å². The van der Waals surface area contributed by atoms with Crippen LogP contribution in [0.3, 0.4) is 0 Å². The highest BCUT2D eigenvalue weighted by Crippen LogP contribution is 2.18. The minimum Gasteiger partial charge on any atom is -0.349 e. The van der Waals surface area contributed by atoms with Crippen molar-refractivity contribution in [2.45, 2.75) is 58.0 Å². The van der Waals surface area contributed by atoms with Gasteiger partial charge in [-0.2, -0.15) is 0 Å². The summed E-state index contributed by atoms with van der Waals surface area (Å²) in [5.74, 6) is -0.134. The molecule has 5 heteroatoms. The number of carbonyl (C=O) groups excluding carboxylic acids is 2. The van der Waals surface area contributed by atoms with Crippen LogP contribution in [0, 0.1) is 5.92 Å². The third kappa shape index (κ3) is 8.11. The monoisotopic (exact) mass is 361 g/mol. The van der Waals surface area contributed by atoms with Crippen molar-refractivity contribution in [3.8, 4) is 0 Å². The molecule has 0 saturated carbocycles. The van der Waals surface area contributed by atoms with Gasteiger partial charge < -0.3 is 16.0 Å². The van der Waals surface area contributed by atoms with Gasteiger partial charge in [0.25, 0.3) is 0 Å². The second-order valence-electron chi connectivity index (χ2n) is 7.45. The van der Waals surface area contributed by atoms with E-state index in [1.54, 1.807) is 19.0 Å². The summed E-state index contributed by atoms with van der Waals surface area (Å²) in [6.45, 7) is 4.69. The summed E-state index contributed by atoms with van der Waals surface area (Å²) in [7, 11) is 3.49. The number of hydrogen-bond acceptors (Lipinski definition) is 4. The topological polar surface area (TPSA) is 75.4 Å². The first-order chi connectivity index (χ1) is 12.3. The van der Waals surface area contributed by atoms with Crippen LogP contribution in [0.5, 0.6) is 0 Å². The van der Waals surface area contributed by atoms with Crippen LogP contribution in [0.2, 0.25) is 0 Å². The van der Waals surface area contributed by atoms with Crippen molar-refractivity contribution in [1.29, 1.82) is 0 Å². The van der Waals surface area contributed by atoms with Gasteiger partial charge in [0.1, 0.15) is 0 Å². The molecule has 0 aromatic heterocycles. The molecular weight excluding hydrogens is 326 g/mol. The van der Waals surface area contributed by atoms with E-state index < -0.39 is 0 Å². The second kappa shape index (κ2) is 11.8. The van der Waals surface area contributed by atoms with E-state index in [0.29, 0.717) is 19.4 Å². The number of nitrogens with two attached hydrogens (primary N) is 1. The lowest BCUT2D eigenvalue weighted by atomic mass is 9.90. The van der Waals surface area contributed by atoms with Crippen molar-refractivity contribution in [1.82, 2.24) is 10.2 Å². The van der Waals surface area contributed by atoms with Crippen LogP contribution < -0.4 is 11.1 Å². The van der Waals surface area contributed by atoms with E-state index in [0.717, 1.165) is 18.4 Å². The standard InChI is InChI=1S/C21H35N3O2/c1-16(2)23-19(14-17-10-6-5-7-11-17)20(25)15-18(12-8-9-13-22)21(26)24(3)4/h5-7,10-11,16,18-19,23H,8-9,12-15,22H2,1-4H3/t18-,19+/m1/s1. The number of unbranched alkanes of at least 4 members (excludes halogenated alkanes) is 1. The fourth-order valence-electron chi connectivity index (χ4n) is 3.12. The lowest BCUT2D eigenvalue weighted by Gasteiger charge is -2.24. The molecule has 0 spiro atoms. The number of nitrogens with one attached hydrogen (secondary N) is 1. The smallest absolute Gasteiger partial charge is 0.225 e. The Bertz CT molecular complexity index is 543. The Hall–Kier alpha value is -1.72. The van der Waals surface area contributed by atoms with Gasteiger partial charge in [0, 0.05) is 32.5 Å². The number of nitrogens with zero attached hydrogens (tertiary/aromatic N) is 1. The van der Waals surface area contributed by atoms with Crippen molar-refractivity contribution in [2.24, 2.45) is 11.7 Å². The quantitative estimate of drug-likeness (QED) is 0.561. The molecule has 1 aromatic rings. The largest absolute Gasteiger partial charge is 0.349 e. The van der Waals surface area contributed by atoms with Crippen LogP contribution in [-0.2, 0) is 16.0 Å². The Labute approximate surface area is 158 Å². The number of benzene rings is 1. The average Bonchev–Trinajstić information content (AvgIpc) is 2.60. The summed E-state index contributed by atoms with van der Waals surface area (Å²) in [4.78, 5) is 27.1. The van der Waals surface area contributed by atoms with E-state index in [9.17, 15) is 9.59 Å². The SMILES string of the molecule is CC(C)N[C@@H](Cc1ccccc1)C(=O)C[C@@H](CCCCN)C(=O)N(C)C. The van der Waals surface area contributed by atoms with E-state index in [1.807, 2.05) is 44.2 Å².